The molecule has 0 radical (unpaired) electrons. The summed E-state index contributed by atoms with van der Waals surface area (Å²) in [5.41, 5.74) is 6.84. The monoisotopic (exact) mass is 277 g/mol. The minimum Gasteiger partial charge on any atom is -0.481 e. The zero-order valence-electron chi connectivity index (χ0n) is 10.9. The number of pyridine rings is 1. The predicted octanol–water partition coefficient (Wildman–Crippen LogP) is -0.316. The number of rotatable bonds is 6. The Bertz CT molecular complexity index is 598. The molecular formula is C12H15N5O3. The molecule has 0 aliphatic heterocycles. The quantitative estimate of drug-likeness (QED) is 0.743. The number of ether oxygens (including phenoxy) is 1. The molecule has 2 rings (SSSR count). The van der Waals surface area contributed by atoms with Crippen molar-refractivity contribution in [2.24, 2.45) is 5.73 Å². The van der Waals surface area contributed by atoms with Gasteiger partial charge in [-0.2, -0.15) is 0 Å². The van der Waals surface area contributed by atoms with E-state index in [1.165, 1.54) is 0 Å². The van der Waals surface area contributed by atoms with E-state index in [1.807, 2.05) is 6.07 Å². The van der Waals surface area contributed by atoms with E-state index in [9.17, 15) is 4.79 Å². The standard InChI is InChI=1S/C12H15N5O3/c1-20-11-8(3-2-4-14-11)6-17-7-9(15-16-17)5-10(13)12(18)19/h2-4,7,10H,5-6,13H2,1H3,(H,18,19). The fraction of sp³-hybridized carbons (Fsp3) is 0.333. The number of carboxylic acids is 1. The Kier molecular flexibility index (Phi) is 4.26. The zero-order valence-corrected chi connectivity index (χ0v) is 10.9. The number of nitrogens with two attached hydrogens (primary N) is 1. The summed E-state index contributed by atoms with van der Waals surface area (Å²) in [6, 6.07) is 2.69. The number of methoxy groups -OCH3 is 1. The smallest absolute Gasteiger partial charge is 0.320 e. The van der Waals surface area contributed by atoms with Gasteiger partial charge in [0, 0.05) is 24.4 Å². The summed E-state index contributed by atoms with van der Waals surface area (Å²) < 4.78 is 6.74. The van der Waals surface area contributed by atoms with Crippen LogP contribution in [0.3, 0.4) is 0 Å². The van der Waals surface area contributed by atoms with Crippen molar-refractivity contribution in [3.05, 3.63) is 35.8 Å². The SMILES string of the molecule is COc1ncccc1Cn1cc(CC(N)C(=O)O)nn1. The summed E-state index contributed by atoms with van der Waals surface area (Å²) in [4.78, 5) is 14.8. The second-order valence-electron chi connectivity index (χ2n) is 4.23. The molecule has 0 aliphatic carbocycles. The topological polar surface area (TPSA) is 116 Å². The van der Waals surface area contributed by atoms with Gasteiger partial charge in [-0.25, -0.2) is 9.67 Å². The Morgan fingerprint density at radius 3 is 3.10 bits per heavy atom. The number of nitrogens with zero attached hydrogens (tertiary/aromatic N) is 4. The van der Waals surface area contributed by atoms with E-state index in [-0.39, 0.29) is 6.42 Å². The number of hydrogen-bond donors (Lipinski definition) is 2. The van der Waals surface area contributed by atoms with E-state index in [1.54, 1.807) is 30.3 Å². The van der Waals surface area contributed by atoms with Crippen LogP contribution in [0.15, 0.2) is 24.5 Å². The van der Waals surface area contributed by atoms with Crippen LogP contribution in [-0.2, 0) is 17.8 Å². The van der Waals surface area contributed by atoms with Gasteiger partial charge in [-0.1, -0.05) is 11.3 Å². The van der Waals surface area contributed by atoms with E-state index in [0.717, 1.165) is 5.56 Å². The third kappa shape index (κ3) is 3.29. The fourth-order valence-corrected chi connectivity index (χ4v) is 1.72. The minimum atomic E-state index is -1.06. The normalized spacial score (nSPS) is 12.1. The van der Waals surface area contributed by atoms with Gasteiger partial charge in [0.1, 0.15) is 6.04 Å². The molecule has 1 atom stereocenters. The van der Waals surface area contributed by atoms with Gasteiger partial charge in [0.15, 0.2) is 0 Å². The van der Waals surface area contributed by atoms with E-state index >= 15 is 0 Å². The molecule has 0 saturated carbocycles. The number of carbonyl (C=O) groups is 1. The Hall–Kier alpha value is -2.48. The molecule has 2 aromatic heterocycles. The third-order valence-electron chi connectivity index (χ3n) is 2.71. The molecule has 2 heterocycles. The highest BCUT2D eigenvalue weighted by molar-refractivity contribution is 5.73. The molecule has 0 fully saturated rings. The molecule has 3 N–H and O–H groups in total. The molecule has 0 aliphatic rings. The van der Waals surface area contributed by atoms with Gasteiger partial charge in [0.2, 0.25) is 5.88 Å². The highest BCUT2D eigenvalue weighted by Crippen LogP contribution is 2.14. The highest BCUT2D eigenvalue weighted by Gasteiger charge is 2.14. The average Bonchev–Trinajstić information content (AvgIpc) is 2.86. The molecule has 0 saturated heterocycles. The lowest BCUT2D eigenvalue weighted by atomic mass is 10.2. The molecule has 0 bridgehead atoms. The van der Waals surface area contributed by atoms with Crippen molar-refractivity contribution in [1.82, 2.24) is 20.0 Å². The molecule has 8 heteroatoms. The maximum atomic E-state index is 10.7. The summed E-state index contributed by atoms with van der Waals surface area (Å²) in [6.07, 6.45) is 3.44. The first kappa shape index (κ1) is 13.9. The number of aliphatic carboxylic acids is 1. The van der Waals surface area contributed by atoms with Crippen LogP contribution >= 0.6 is 0 Å². The van der Waals surface area contributed by atoms with Gasteiger partial charge in [0.25, 0.3) is 0 Å². The first-order valence-corrected chi connectivity index (χ1v) is 5.95. The second-order valence-corrected chi connectivity index (χ2v) is 4.23. The van der Waals surface area contributed by atoms with Crippen molar-refractivity contribution in [2.45, 2.75) is 19.0 Å². The maximum absolute atomic E-state index is 10.7. The van der Waals surface area contributed by atoms with E-state index in [2.05, 4.69) is 15.3 Å². The van der Waals surface area contributed by atoms with E-state index in [4.69, 9.17) is 15.6 Å². The molecule has 0 spiro atoms. The Labute approximate surface area is 115 Å². The Morgan fingerprint density at radius 2 is 2.40 bits per heavy atom. The molecular weight excluding hydrogens is 262 g/mol. The molecule has 2 aromatic rings. The molecule has 8 nitrogen and oxygen atoms in total. The minimum absolute atomic E-state index is 0.138. The summed E-state index contributed by atoms with van der Waals surface area (Å²) in [7, 11) is 1.55. The van der Waals surface area contributed by atoms with Crippen LogP contribution in [0.1, 0.15) is 11.3 Å². The van der Waals surface area contributed by atoms with Crippen molar-refractivity contribution in [1.29, 1.82) is 0 Å². The first-order valence-electron chi connectivity index (χ1n) is 5.95. The number of carboxylic acid groups (broad SMARTS) is 1. The number of hydrogen-bond acceptors (Lipinski definition) is 6. The lowest BCUT2D eigenvalue weighted by molar-refractivity contribution is -0.138. The van der Waals surface area contributed by atoms with Crippen molar-refractivity contribution >= 4 is 5.97 Å². The average molecular weight is 277 g/mol. The summed E-state index contributed by atoms with van der Waals surface area (Å²) in [5, 5.41) is 16.6. The van der Waals surface area contributed by atoms with Crippen LogP contribution < -0.4 is 10.5 Å². The third-order valence-corrected chi connectivity index (χ3v) is 2.71. The molecule has 0 aromatic carbocycles. The predicted molar refractivity (Wildman–Crippen MR) is 69.2 cm³/mol. The fourth-order valence-electron chi connectivity index (χ4n) is 1.72. The van der Waals surface area contributed by atoms with Crippen molar-refractivity contribution in [2.75, 3.05) is 7.11 Å². The van der Waals surface area contributed by atoms with Crippen LogP contribution in [-0.4, -0.2) is 44.2 Å². The summed E-state index contributed by atoms with van der Waals surface area (Å²) in [5.74, 6) is -0.541. The van der Waals surface area contributed by atoms with Crippen LogP contribution in [0, 0.1) is 0 Å². The van der Waals surface area contributed by atoms with Crippen LogP contribution in [0.25, 0.3) is 0 Å². The first-order chi connectivity index (χ1) is 9.60. The zero-order chi connectivity index (χ0) is 14.5. The maximum Gasteiger partial charge on any atom is 0.320 e. The lowest BCUT2D eigenvalue weighted by Gasteiger charge is -2.06. The summed E-state index contributed by atoms with van der Waals surface area (Å²) in [6.45, 7) is 0.437. The Balaban J connectivity index is 2.08. The second kappa shape index (κ2) is 6.11. The molecule has 20 heavy (non-hydrogen) atoms. The summed E-state index contributed by atoms with van der Waals surface area (Å²) >= 11 is 0. The highest BCUT2D eigenvalue weighted by atomic mass is 16.5. The van der Waals surface area contributed by atoms with Crippen LogP contribution in [0.2, 0.25) is 0 Å². The van der Waals surface area contributed by atoms with Gasteiger partial charge >= 0.3 is 5.97 Å². The van der Waals surface area contributed by atoms with Gasteiger partial charge in [-0.15, -0.1) is 5.10 Å². The van der Waals surface area contributed by atoms with Gasteiger partial charge < -0.3 is 15.6 Å². The van der Waals surface area contributed by atoms with Crippen molar-refractivity contribution < 1.29 is 14.6 Å². The van der Waals surface area contributed by atoms with E-state index in [0.29, 0.717) is 18.1 Å². The molecule has 0 amide bonds. The number of aromatic nitrogens is 4. The van der Waals surface area contributed by atoms with Gasteiger partial charge in [-0.3, -0.25) is 4.79 Å². The van der Waals surface area contributed by atoms with Gasteiger partial charge in [-0.05, 0) is 6.07 Å². The van der Waals surface area contributed by atoms with E-state index < -0.39 is 12.0 Å². The van der Waals surface area contributed by atoms with Crippen LogP contribution in [0.5, 0.6) is 5.88 Å². The lowest BCUT2D eigenvalue weighted by Crippen LogP contribution is -2.32. The van der Waals surface area contributed by atoms with Gasteiger partial charge in [0.05, 0.1) is 19.3 Å². The van der Waals surface area contributed by atoms with Crippen molar-refractivity contribution in [3.8, 4) is 5.88 Å². The molecule has 1 unspecified atom stereocenters. The molecule has 106 valence electrons. The van der Waals surface area contributed by atoms with Crippen LogP contribution in [0.4, 0.5) is 0 Å². The largest absolute Gasteiger partial charge is 0.481 e. The Morgan fingerprint density at radius 1 is 1.60 bits per heavy atom. The van der Waals surface area contributed by atoms with Crippen molar-refractivity contribution in [3.63, 3.8) is 0 Å².